The van der Waals surface area contributed by atoms with Crippen LogP contribution in [0, 0.1) is 11.8 Å². The van der Waals surface area contributed by atoms with Crippen LogP contribution in [-0.2, 0) is 0 Å². The highest BCUT2D eigenvalue weighted by Gasteiger charge is 2.20. The van der Waals surface area contributed by atoms with Gasteiger partial charge in [0, 0.05) is 35.5 Å². The fourth-order valence-corrected chi connectivity index (χ4v) is 2.85. The van der Waals surface area contributed by atoms with E-state index in [2.05, 4.69) is 67.7 Å². The summed E-state index contributed by atoms with van der Waals surface area (Å²) in [5.41, 5.74) is 4.46. The third-order valence-corrected chi connectivity index (χ3v) is 4.13. The van der Waals surface area contributed by atoms with Gasteiger partial charge in [0.05, 0.1) is 0 Å². The van der Waals surface area contributed by atoms with Gasteiger partial charge in [-0.15, -0.1) is 0 Å². The predicted molar refractivity (Wildman–Crippen MR) is 91.4 cm³/mol. The van der Waals surface area contributed by atoms with Crippen molar-refractivity contribution < 1.29 is 0 Å². The molecule has 112 valence electrons. The van der Waals surface area contributed by atoms with Crippen LogP contribution in [0.15, 0.2) is 72.8 Å². The Morgan fingerprint density at radius 2 is 2.24 bits per heavy atom. The summed E-state index contributed by atoms with van der Waals surface area (Å²) in [6.07, 6.45) is 14.0. The van der Waals surface area contributed by atoms with E-state index < -0.39 is 0 Å². The molecule has 0 aromatic carbocycles. The molecule has 2 unspecified atom stereocenters. The van der Waals surface area contributed by atoms with Gasteiger partial charge in [-0.2, -0.15) is 0 Å². The van der Waals surface area contributed by atoms with Gasteiger partial charge in [0.25, 0.3) is 0 Å². The Morgan fingerprint density at radius 1 is 1.43 bits per heavy atom. The SMILES string of the molecule is C=C(/C=C(\CC)C1C=CC=CC1)NC(=C)C1CNC(=C)C1. The van der Waals surface area contributed by atoms with Gasteiger partial charge in [0.2, 0.25) is 0 Å². The Labute approximate surface area is 128 Å². The molecule has 0 amide bonds. The quantitative estimate of drug-likeness (QED) is 0.714. The van der Waals surface area contributed by atoms with Crippen molar-refractivity contribution in [1.29, 1.82) is 0 Å². The van der Waals surface area contributed by atoms with Gasteiger partial charge in [0.1, 0.15) is 0 Å². The molecule has 0 saturated carbocycles. The summed E-state index contributed by atoms with van der Waals surface area (Å²) in [7, 11) is 0. The van der Waals surface area contributed by atoms with E-state index in [0.717, 1.165) is 42.9 Å². The second-order valence-corrected chi connectivity index (χ2v) is 5.79. The van der Waals surface area contributed by atoms with Crippen LogP contribution in [0.4, 0.5) is 0 Å². The molecular weight excluding hydrogens is 256 g/mol. The van der Waals surface area contributed by atoms with Crippen LogP contribution in [0.3, 0.4) is 0 Å². The van der Waals surface area contributed by atoms with E-state index in [0.29, 0.717) is 11.8 Å². The minimum absolute atomic E-state index is 0.408. The molecule has 2 nitrogen and oxygen atoms in total. The third-order valence-electron chi connectivity index (χ3n) is 4.13. The number of rotatable bonds is 6. The maximum atomic E-state index is 4.15. The normalized spacial score (nSPS) is 24.8. The largest absolute Gasteiger partial charge is 0.388 e. The molecule has 2 heteroatoms. The van der Waals surface area contributed by atoms with Crippen molar-refractivity contribution in [3.05, 3.63) is 72.8 Å². The lowest BCUT2D eigenvalue weighted by atomic mass is 9.90. The lowest BCUT2D eigenvalue weighted by molar-refractivity contribution is 0.642. The van der Waals surface area contributed by atoms with Crippen molar-refractivity contribution in [2.45, 2.75) is 26.2 Å². The monoisotopic (exact) mass is 282 g/mol. The summed E-state index contributed by atoms with van der Waals surface area (Å²) in [6, 6.07) is 0. The third kappa shape index (κ3) is 4.25. The Kier molecular flexibility index (Phi) is 5.26. The first-order valence-electron chi connectivity index (χ1n) is 7.70. The highest BCUT2D eigenvalue weighted by atomic mass is 15.0. The van der Waals surface area contributed by atoms with E-state index in [9.17, 15) is 0 Å². The molecule has 1 heterocycles. The van der Waals surface area contributed by atoms with Gasteiger partial charge in [-0.05, 0) is 25.3 Å². The van der Waals surface area contributed by atoms with Gasteiger partial charge in [-0.25, -0.2) is 0 Å². The van der Waals surface area contributed by atoms with Crippen LogP contribution < -0.4 is 10.6 Å². The second-order valence-electron chi connectivity index (χ2n) is 5.79. The van der Waals surface area contributed by atoms with Gasteiger partial charge >= 0.3 is 0 Å². The molecule has 2 rings (SSSR count). The van der Waals surface area contributed by atoms with Crippen molar-refractivity contribution in [3.8, 4) is 0 Å². The summed E-state index contributed by atoms with van der Waals surface area (Å²) in [5.74, 6) is 0.907. The minimum atomic E-state index is 0.408. The van der Waals surface area contributed by atoms with Crippen LogP contribution in [0.2, 0.25) is 0 Å². The molecule has 0 bridgehead atoms. The van der Waals surface area contributed by atoms with E-state index in [4.69, 9.17) is 0 Å². The van der Waals surface area contributed by atoms with Gasteiger partial charge in [-0.3, -0.25) is 0 Å². The zero-order valence-corrected chi connectivity index (χ0v) is 13.0. The van der Waals surface area contributed by atoms with E-state index in [-0.39, 0.29) is 0 Å². The average Bonchev–Trinajstić information content (AvgIpc) is 2.92. The Hall–Kier alpha value is -1.96. The van der Waals surface area contributed by atoms with Crippen molar-refractivity contribution in [2.24, 2.45) is 11.8 Å². The van der Waals surface area contributed by atoms with Crippen molar-refractivity contribution in [1.82, 2.24) is 10.6 Å². The molecule has 1 aliphatic heterocycles. The van der Waals surface area contributed by atoms with Crippen LogP contribution in [-0.4, -0.2) is 6.54 Å². The van der Waals surface area contributed by atoms with Crippen molar-refractivity contribution >= 4 is 0 Å². The maximum absolute atomic E-state index is 4.15. The van der Waals surface area contributed by atoms with Crippen molar-refractivity contribution in [3.63, 3.8) is 0 Å². The number of hydrogen-bond donors (Lipinski definition) is 2. The molecule has 21 heavy (non-hydrogen) atoms. The first kappa shape index (κ1) is 15.4. The van der Waals surface area contributed by atoms with Crippen molar-refractivity contribution in [2.75, 3.05) is 6.54 Å². The summed E-state index contributed by atoms with van der Waals surface area (Å²) in [4.78, 5) is 0. The molecule has 0 spiro atoms. The highest BCUT2D eigenvalue weighted by Crippen LogP contribution is 2.25. The molecule has 0 aromatic heterocycles. The summed E-state index contributed by atoms with van der Waals surface area (Å²) in [5, 5.41) is 6.63. The molecule has 0 radical (unpaired) electrons. The van der Waals surface area contributed by atoms with Crippen LogP contribution >= 0.6 is 0 Å². The molecule has 2 aliphatic rings. The Balaban J connectivity index is 1.93. The number of hydrogen-bond acceptors (Lipinski definition) is 2. The molecule has 0 aromatic rings. The van der Waals surface area contributed by atoms with E-state index in [1.165, 1.54) is 5.57 Å². The fourth-order valence-electron chi connectivity index (χ4n) is 2.85. The van der Waals surface area contributed by atoms with Crippen LogP contribution in [0.1, 0.15) is 26.2 Å². The number of allylic oxidation sites excluding steroid dienone is 7. The van der Waals surface area contributed by atoms with Gasteiger partial charge < -0.3 is 10.6 Å². The molecule has 1 aliphatic carbocycles. The Bertz CT molecular complexity index is 520. The zero-order chi connectivity index (χ0) is 15.2. The standard InChI is InChI=1S/C19H26N2/c1-5-17(18-9-7-6-8-10-18)12-15(3)21-16(4)19-11-14(2)20-13-19/h6-9,12,18-21H,2-5,10-11,13H2,1H3/b17-12+. The zero-order valence-electron chi connectivity index (χ0n) is 13.0. The lowest BCUT2D eigenvalue weighted by Gasteiger charge is -2.19. The topological polar surface area (TPSA) is 24.1 Å². The smallest absolute Gasteiger partial charge is 0.0308 e. The summed E-state index contributed by atoms with van der Waals surface area (Å²) in [6.45, 7) is 15.4. The average molecular weight is 282 g/mol. The van der Waals surface area contributed by atoms with E-state index >= 15 is 0 Å². The molecular formula is C19H26N2. The molecule has 1 saturated heterocycles. The van der Waals surface area contributed by atoms with Crippen LogP contribution in [0.25, 0.3) is 0 Å². The molecule has 2 N–H and O–H groups in total. The predicted octanol–water partition coefficient (Wildman–Crippen LogP) is 4.20. The number of nitrogens with one attached hydrogen (secondary N) is 2. The fraction of sp³-hybridized carbons (Fsp3) is 0.368. The van der Waals surface area contributed by atoms with E-state index in [1.54, 1.807) is 0 Å². The first-order chi connectivity index (χ1) is 10.1. The summed E-state index contributed by atoms with van der Waals surface area (Å²) < 4.78 is 0. The van der Waals surface area contributed by atoms with Gasteiger partial charge in [-0.1, -0.05) is 56.5 Å². The summed E-state index contributed by atoms with van der Waals surface area (Å²) >= 11 is 0. The highest BCUT2D eigenvalue weighted by molar-refractivity contribution is 5.29. The Morgan fingerprint density at radius 3 is 2.81 bits per heavy atom. The van der Waals surface area contributed by atoms with E-state index in [1.807, 2.05) is 0 Å². The van der Waals surface area contributed by atoms with Crippen LogP contribution in [0.5, 0.6) is 0 Å². The molecule has 2 atom stereocenters. The maximum Gasteiger partial charge on any atom is 0.0308 e. The lowest BCUT2D eigenvalue weighted by Crippen LogP contribution is -2.20. The second kappa shape index (κ2) is 7.16. The minimum Gasteiger partial charge on any atom is -0.388 e. The molecule has 1 fully saturated rings. The van der Waals surface area contributed by atoms with Gasteiger partial charge in [0.15, 0.2) is 0 Å². The first-order valence-corrected chi connectivity index (χ1v) is 7.70.